The van der Waals surface area contributed by atoms with Crippen molar-refractivity contribution in [2.24, 2.45) is 0 Å². The highest BCUT2D eigenvalue weighted by Gasteiger charge is 2.23. The maximum atomic E-state index is 11.8. The minimum absolute atomic E-state index is 0.0680. The summed E-state index contributed by atoms with van der Waals surface area (Å²) in [7, 11) is 0. The number of aliphatic hydroxyl groups is 2. The van der Waals surface area contributed by atoms with Gasteiger partial charge in [-0.05, 0) is 59.7 Å². The number of ether oxygens (including phenoxy) is 6. The van der Waals surface area contributed by atoms with Crippen LogP contribution >= 0.6 is 0 Å². The number of para-hydroxylation sites is 2. The predicted octanol–water partition coefficient (Wildman–Crippen LogP) is 5.92. The molecule has 0 radical (unpaired) electrons. The highest BCUT2D eigenvalue weighted by Crippen LogP contribution is 2.33. The topological polar surface area (TPSA) is 130 Å². The summed E-state index contributed by atoms with van der Waals surface area (Å²) in [6, 6.07) is 32.0. The Kier molecular flexibility index (Phi) is 11.8. The summed E-state index contributed by atoms with van der Waals surface area (Å²) in [5.74, 6) is 1.81. The Morgan fingerprint density at radius 3 is 1.24 bits per heavy atom. The summed E-state index contributed by atoms with van der Waals surface area (Å²) < 4.78 is 31.2. The molecule has 4 rings (SSSR count). The fraction of sp³-hybridized carbons (Fsp3) is 0.257. The van der Waals surface area contributed by atoms with E-state index in [4.69, 9.17) is 28.4 Å². The maximum absolute atomic E-state index is 11.8. The van der Waals surface area contributed by atoms with Crippen molar-refractivity contribution in [3.63, 3.8) is 0 Å². The molecule has 2 unspecified atom stereocenters. The zero-order valence-corrected chi connectivity index (χ0v) is 25.0. The van der Waals surface area contributed by atoms with Crippen LogP contribution < -0.4 is 18.9 Å². The first-order valence-corrected chi connectivity index (χ1v) is 14.3. The van der Waals surface area contributed by atoms with Gasteiger partial charge in [-0.1, -0.05) is 74.5 Å². The van der Waals surface area contributed by atoms with Crippen LogP contribution in [0.25, 0.3) is 0 Å². The molecule has 2 atom stereocenters. The molecule has 10 nitrogen and oxygen atoms in total. The van der Waals surface area contributed by atoms with Crippen LogP contribution in [0.1, 0.15) is 25.0 Å². The average Bonchev–Trinajstić information content (AvgIpc) is 3.06. The summed E-state index contributed by atoms with van der Waals surface area (Å²) in [6.45, 7) is 3.50. The Hall–Kier alpha value is -5.06. The van der Waals surface area contributed by atoms with E-state index in [9.17, 15) is 19.8 Å². The van der Waals surface area contributed by atoms with Gasteiger partial charge in [0.2, 0.25) is 0 Å². The number of hydrogen-bond donors (Lipinski definition) is 2. The van der Waals surface area contributed by atoms with Gasteiger partial charge in [0.25, 0.3) is 0 Å². The molecule has 0 aliphatic heterocycles. The van der Waals surface area contributed by atoms with Crippen molar-refractivity contribution < 1.29 is 48.2 Å². The quantitative estimate of drug-likeness (QED) is 0.130. The average molecular weight is 617 g/mol. The van der Waals surface area contributed by atoms with Crippen molar-refractivity contribution in [3.8, 4) is 23.0 Å². The van der Waals surface area contributed by atoms with Gasteiger partial charge in [0.1, 0.15) is 61.6 Å². The third-order valence-corrected chi connectivity index (χ3v) is 6.71. The normalized spacial score (nSPS) is 12.4. The molecule has 45 heavy (non-hydrogen) atoms. The summed E-state index contributed by atoms with van der Waals surface area (Å²) in [5, 5.41) is 20.3. The smallest absolute Gasteiger partial charge is 0.491 e. The fourth-order valence-corrected chi connectivity index (χ4v) is 4.14. The van der Waals surface area contributed by atoms with Crippen molar-refractivity contribution in [2.75, 3.05) is 26.4 Å². The minimum Gasteiger partial charge on any atom is -0.491 e. The third-order valence-electron chi connectivity index (χ3n) is 6.71. The predicted molar refractivity (Wildman–Crippen MR) is 165 cm³/mol. The molecule has 0 fully saturated rings. The number of carbonyl (C=O) groups is 2. The number of carbonyl (C=O) groups excluding carboxylic acids is 2. The van der Waals surface area contributed by atoms with E-state index in [1.165, 1.54) is 0 Å². The van der Waals surface area contributed by atoms with Gasteiger partial charge >= 0.3 is 12.3 Å². The Bertz CT molecular complexity index is 1360. The van der Waals surface area contributed by atoms with Crippen LogP contribution in [0.5, 0.6) is 23.0 Å². The number of rotatable bonds is 14. The molecular formula is C35H36O10. The van der Waals surface area contributed by atoms with Crippen LogP contribution in [-0.2, 0) is 14.9 Å². The van der Waals surface area contributed by atoms with Gasteiger partial charge in [-0.15, -0.1) is 0 Å². The molecule has 0 heterocycles. The molecule has 4 aromatic carbocycles. The molecule has 4 aromatic rings. The zero-order valence-electron chi connectivity index (χ0n) is 25.0. The molecule has 0 spiro atoms. The van der Waals surface area contributed by atoms with E-state index < -0.39 is 24.5 Å². The fourth-order valence-electron chi connectivity index (χ4n) is 4.14. The van der Waals surface area contributed by atoms with Gasteiger partial charge < -0.3 is 38.6 Å². The van der Waals surface area contributed by atoms with Gasteiger partial charge in [-0.3, -0.25) is 0 Å². The first kappa shape index (κ1) is 32.8. The van der Waals surface area contributed by atoms with Crippen molar-refractivity contribution in [1.29, 1.82) is 0 Å². The highest BCUT2D eigenvalue weighted by atomic mass is 16.7. The van der Waals surface area contributed by atoms with E-state index in [0.29, 0.717) is 23.0 Å². The largest absolute Gasteiger partial charge is 0.513 e. The Morgan fingerprint density at radius 1 is 0.533 bits per heavy atom. The van der Waals surface area contributed by atoms with Crippen LogP contribution in [0.4, 0.5) is 9.59 Å². The van der Waals surface area contributed by atoms with Crippen molar-refractivity contribution >= 4 is 12.3 Å². The second-order valence-corrected chi connectivity index (χ2v) is 10.6. The van der Waals surface area contributed by atoms with Crippen molar-refractivity contribution in [2.45, 2.75) is 31.5 Å². The van der Waals surface area contributed by atoms with Gasteiger partial charge in [0.15, 0.2) is 0 Å². The first-order chi connectivity index (χ1) is 21.7. The van der Waals surface area contributed by atoms with Crippen LogP contribution in [0, 0.1) is 0 Å². The summed E-state index contributed by atoms with van der Waals surface area (Å²) >= 11 is 0. The molecule has 0 bridgehead atoms. The first-order valence-electron chi connectivity index (χ1n) is 14.3. The van der Waals surface area contributed by atoms with E-state index in [2.05, 4.69) is 13.8 Å². The van der Waals surface area contributed by atoms with Gasteiger partial charge in [-0.2, -0.15) is 0 Å². The monoisotopic (exact) mass is 616 g/mol. The lowest BCUT2D eigenvalue weighted by Crippen LogP contribution is -2.26. The van der Waals surface area contributed by atoms with Crippen LogP contribution in [-0.4, -0.2) is 61.2 Å². The van der Waals surface area contributed by atoms with E-state index in [1.54, 1.807) is 60.7 Å². The Balaban J connectivity index is 1.18. The van der Waals surface area contributed by atoms with Crippen LogP contribution in [0.3, 0.4) is 0 Å². The van der Waals surface area contributed by atoms with E-state index >= 15 is 0 Å². The Labute approximate surface area is 261 Å². The van der Waals surface area contributed by atoms with Gasteiger partial charge in [0.05, 0.1) is 0 Å². The number of benzene rings is 4. The molecule has 0 aromatic heterocycles. The number of aliphatic hydroxyl groups excluding tert-OH is 2. The van der Waals surface area contributed by atoms with Crippen LogP contribution in [0.15, 0.2) is 109 Å². The molecule has 0 aliphatic carbocycles. The van der Waals surface area contributed by atoms with E-state index in [-0.39, 0.29) is 31.8 Å². The lowest BCUT2D eigenvalue weighted by Gasteiger charge is -2.26. The molecule has 0 saturated heterocycles. The second-order valence-electron chi connectivity index (χ2n) is 10.6. The summed E-state index contributed by atoms with van der Waals surface area (Å²) in [5.41, 5.74) is 1.72. The molecule has 236 valence electrons. The van der Waals surface area contributed by atoms with Gasteiger partial charge in [0, 0.05) is 5.41 Å². The summed E-state index contributed by atoms with van der Waals surface area (Å²) in [4.78, 5) is 23.6. The zero-order chi connectivity index (χ0) is 32.1. The lowest BCUT2D eigenvalue weighted by atomic mass is 9.78. The molecule has 0 saturated carbocycles. The molecule has 0 amide bonds. The Morgan fingerprint density at radius 2 is 0.889 bits per heavy atom. The summed E-state index contributed by atoms with van der Waals surface area (Å²) in [6.07, 6.45) is -3.88. The van der Waals surface area contributed by atoms with Gasteiger partial charge in [-0.25, -0.2) is 9.59 Å². The minimum atomic E-state index is -1.03. The van der Waals surface area contributed by atoms with E-state index in [1.807, 2.05) is 48.5 Å². The SMILES string of the molecule is CC(C)(c1ccc(OCC(O)COC(=O)Oc2ccccc2)cc1)c1ccc(OCC(O)COC(=O)Oc2ccccc2)cc1. The third kappa shape index (κ3) is 10.6. The standard InChI is InChI=1S/C35H36O10/c1-35(2,25-13-17-29(18-14-25)40-21-27(36)23-42-33(38)44-31-9-5-3-6-10-31)26-15-19-30(20-16-26)41-22-28(37)24-43-34(39)45-32-11-7-4-8-12-32/h3-20,27-28,36-37H,21-24H2,1-2H3. The molecule has 10 heteroatoms. The van der Waals surface area contributed by atoms with Crippen molar-refractivity contribution in [1.82, 2.24) is 0 Å². The highest BCUT2D eigenvalue weighted by molar-refractivity contribution is 5.64. The lowest BCUT2D eigenvalue weighted by molar-refractivity contribution is 0.0228. The molecular weight excluding hydrogens is 580 g/mol. The molecule has 2 N–H and O–H groups in total. The van der Waals surface area contributed by atoms with Crippen molar-refractivity contribution in [3.05, 3.63) is 120 Å². The van der Waals surface area contributed by atoms with E-state index in [0.717, 1.165) is 11.1 Å². The maximum Gasteiger partial charge on any atom is 0.513 e. The number of hydrogen-bond acceptors (Lipinski definition) is 10. The molecule has 0 aliphatic rings. The van der Waals surface area contributed by atoms with Crippen LogP contribution in [0.2, 0.25) is 0 Å². The second kappa shape index (κ2) is 16.1.